The lowest BCUT2D eigenvalue weighted by atomic mass is 10.1. The highest BCUT2D eigenvalue weighted by molar-refractivity contribution is 8.00. The van der Waals surface area contributed by atoms with Crippen molar-refractivity contribution in [3.63, 3.8) is 0 Å². The van der Waals surface area contributed by atoms with Crippen molar-refractivity contribution in [2.24, 2.45) is 0 Å². The number of carbonyl (C=O) groups excluding carboxylic acids is 1. The third kappa shape index (κ3) is 4.90. The normalized spacial score (nSPS) is 11.9. The molecule has 4 nitrogen and oxygen atoms in total. The summed E-state index contributed by atoms with van der Waals surface area (Å²) in [6.07, 6.45) is 4.44. The summed E-state index contributed by atoms with van der Waals surface area (Å²) in [5.41, 5.74) is 2.18. The lowest BCUT2D eigenvalue weighted by Gasteiger charge is -2.13. The van der Waals surface area contributed by atoms with E-state index in [-0.39, 0.29) is 11.2 Å². The van der Waals surface area contributed by atoms with E-state index in [1.165, 1.54) is 17.3 Å². The first kappa shape index (κ1) is 18.5. The Bertz CT molecular complexity index is 849. The largest absolute Gasteiger partial charge is 0.355 e. The minimum atomic E-state index is -0.237. The summed E-state index contributed by atoms with van der Waals surface area (Å²) in [6.45, 7) is 2.52. The Kier molecular flexibility index (Phi) is 6.36. The van der Waals surface area contributed by atoms with Gasteiger partial charge in [-0.15, -0.1) is 0 Å². The van der Waals surface area contributed by atoms with Gasteiger partial charge in [0.05, 0.1) is 5.25 Å². The number of nitrogens with one attached hydrogen (secondary N) is 1. The third-order valence-corrected chi connectivity index (χ3v) is 5.25. The van der Waals surface area contributed by atoms with E-state index >= 15 is 0 Å². The molecule has 2 aromatic carbocycles. The summed E-state index contributed by atoms with van der Waals surface area (Å²) in [5, 5.41) is 4.22. The molecule has 0 aliphatic heterocycles. The highest BCUT2D eigenvalue weighted by Crippen LogP contribution is 2.25. The lowest BCUT2D eigenvalue weighted by Crippen LogP contribution is -2.32. The number of benzene rings is 2. The topological polar surface area (TPSA) is 46.9 Å². The Morgan fingerprint density at radius 3 is 2.65 bits per heavy atom. The van der Waals surface area contributed by atoms with Crippen molar-refractivity contribution in [3.05, 3.63) is 77.6 Å². The quantitative estimate of drug-likeness (QED) is 0.614. The summed E-state index contributed by atoms with van der Waals surface area (Å²) in [7, 11) is 0. The molecule has 0 aliphatic rings. The summed E-state index contributed by atoms with van der Waals surface area (Å²) in [4.78, 5) is 16.7. The Labute approximate surface area is 162 Å². The van der Waals surface area contributed by atoms with Crippen LogP contribution in [0.2, 0.25) is 5.02 Å². The number of halogens is 1. The van der Waals surface area contributed by atoms with Crippen LogP contribution in [0.15, 0.2) is 72.1 Å². The molecule has 1 N–H and O–H groups in total. The maximum Gasteiger partial charge on any atom is 0.233 e. The number of imidazole rings is 1. The second-order valence-electron chi connectivity index (χ2n) is 5.84. The van der Waals surface area contributed by atoms with Crippen LogP contribution in [-0.2, 0) is 11.2 Å². The van der Waals surface area contributed by atoms with E-state index < -0.39 is 0 Å². The van der Waals surface area contributed by atoms with Crippen LogP contribution in [0.4, 0.5) is 0 Å². The fourth-order valence-electron chi connectivity index (χ4n) is 2.51. The second kappa shape index (κ2) is 8.92. The van der Waals surface area contributed by atoms with Crippen molar-refractivity contribution >= 4 is 29.3 Å². The van der Waals surface area contributed by atoms with Gasteiger partial charge >= 0.3 is 0 Å². The molecule has 0 bridgehead atoms. The predicted molar refractivity (Wildman–Crippen MR) is 107 cm³/mol. The van der Waals surface area contributed by atoms with Gasteiger partial charge in [-0.25, -0.2) is 4.98 Å². The molecule has 0 spiro atoms. The van der Waals surface area contributed by atoms with Crippen LogP contribution in [0, 0.1) is 0 Å². The average molecular weight is 386 g/mol. The molecule has 0 saturated carbocycles. The maximum absolute atomic E-state index is 12.4. The molecule has 6 heteroatoms. The molecular weight excluding hydrogens is 366 g/mol. The monoisotopic (exact) mass is 385 g/mol. The van der Waals surface area contributed by atoms with Gasteiger partial charge < -0.3 is 5.32 Å². The van der Waals surface area contributed by atoms with Crippen LogP contribution in [-0.4, -0.2) is 27.3 Å². The molecule has 1 atom stereocenters. The van der Waals surface area contributed by atoms with Gasteiger partial charge in [-0.1, -0.05) is 53.7 Å². The Morgan fingerprint density at radius 2 is 1.92 bits per heavy atom. The highest BCUT2D eigenvalue weighted by Gasteiger charge is 2.17. The number of thioether (sulfide) groups is 1. The van der Waals surface area contributed by atoms with E-state index in [9.17, 15) is 4.79 Å². The number of carbonyl (C=O) groups is 1. The zero-order chi connectivity index (χ0) is 18.4. The van der Waals surface area contributed by atoms with E-state index in [0.29, 0.717) is 11.6 Å². The average Bonchev–Trinajstić information content (AvgIpc) is 3.11. The first-order valence-electron chi connectivity index (χ1n) is 8.41. The zero-order valence-corrected chi connectivity index (χ0v) is 16.0. The van der Waals surface area contributed by atoms with Crippen molar-refractivity contribution in [1.29, 1.82) is 0 Å². The van der Waals surface area contributed by atoms with Gasteiger partial charge in [0, 0.05) is 29.6 Å². The molecule has 0 aliphatic carbocycles. The first-order chi connectivity index (χ1) is 12.6. The first-order valence-corrected chi connectivity index (χ1v) is 9.67. The summed E-state index contributed by atoms with van der Waals surface area (Å²) in [6, 6.07) is 17.7. The van der Waals surface area contributed by atoms with Gasteiger partial charge in [0.2, 0.25) is 5.91 Å². The number of aromatic nitrogens is 2. The molecule has 0 radical (unpaired) electrons. The van der Waals surface area contributed by atoms with Crippen LogP contribution in [0.3, 0.4) is 0 Å². The molecule has 1 amide bonds. The molecule has 1 aromatic heterocycles. The van der Waals surface area contributed by atoms with Crippen molar-refractivity contribution in [2.45, 2.75) is 23.8 Å². The van der Waals surface area contributed by atoms with E-state index in [4.69, 9.17) is 11.6 Å². The van der Waals surface area contributed by atoms with Crippen LogP contribution >= 0.6 is 23.4 Å². The van der Waals surface area contributed by atoms with Gasteiger partial charge in [-0.3, -0.25) is 9.36 Å². The van der Waals surface area contributed by atoms with Crippen LogP contribution < -0.4 is 5.32 Å². The Balaban J connectivity index is 1.56. The third-order valence-electron chi connectivity index (χ3n) is 3.92. The number of amides is 1. The van der Waals surface area contributed by atoms with E-state index in [0.717, 1.165) is 17.3 Å². The molecule has 0 saturated heterocycles. The fourth-order valence-corrected chi connectivity index (χ4v) is 3.54. The standard InChI is InChI=1S/C20H20ClN3OS/c1-15(19(25)22-12-11-16-5-3-2-4-6-16)26-20-23-13-14-24(20)18-9-7-17(21)8-10-18/h2-10,13-15H,11-12H2,1H3,(H,22,25)/t15-/m1/s1. The van der Waals surface area contributed by atoms with Crippen molar-refractivity contribution in [1.82, 2.24) is 14.9 Å². The summed E-state index contributed by atoms with van der Waals surface area (Å²) in [5.74, 6) is 0.0107. The summed E-state index contributed by atoms with van der Waals surface area (Å²) >= 11 is 7.39. The molecule has 1 heterocycles. The van der Waals surface area contributed by atoms with Crippen LogP contribution in [0.25, 0.3) is 5.69 Å². The molecule has 3 aromatic rings. The second-order valence-corrected chi connectivity index (χ2v) is 7.59. The minimum absolute atomic E-state index is 0.0107. The number of hydrogen-bond acceptors (Lipinski definition) is 3. The smallest absolute Gasteiger partial charge is 0.233 e. The van der Waals surface area contributed by atoms with E-state index in [1.54, 1.807) is 6.20 Å². The molecular formula is C20H20ClN3OS. The van der Waals surface area contributed by atoms with Gasteiger partial charge in [0.25, 0.3) is 0 Å². The Morgan fingerprint density at radius 1 is 1.19 bits per heavy atom. The van der Waals surface area contributed by atoms with Gasteiger partial charge in [0.15, 0.2) is 5.16 Å². The lowest BCUT2D eigenvalue weighted by molar-refractivity contribution is -0.120. The van der Waals surface area contributed by atoms with Crippen LogP contribution in [0.5, 0.6) is 0 Å². The number of hydrogen-bond donors (Lipinski definition) is 1. The van der Waals surface area contributed by atoms with Crippen molar-refractivity contribution in [3.8, 4) is 5.69 Å². The van der Waals surface area contributed by atoms with Gasteiger partial charge in [0.1, 0.15) is 0 Å². The zero-order valence-electron chi connectivity index (χ0n) is 14.4. The minimum Gasteiger partial charge on any atom is -0.355 e. The SMILES string of the molecule is C[C@@H](Sc1nccn1-c1ccc(Cl)cc1)C(=O)NCCc1ccccc1. The van der Waals surface area contributed by atoms with Crippen LogP contribution in [0.1, 0.15) is 12.5 Å². The molecule has 134 valence electrons. The molecule has 0 unspecified atom stereocenters. The molecule has 0 fully saturated rings. The van der Waals surface area contributed by atoms with Gasteiger partial charge in [-0.2, -0.15) is 0 Å². The van der Waals surface area contributed by atoms with Gasteiger partial charge in [-0.05, 0) is 43.2 Å². The van der Waals surface area contributed by atoms with E-state index in [1.807, 2.05) is 60.2 Å². The Hall–Kier alpha value is -2.24. The highest BCUT2D eigenvalue weighted by atomic mass is 35.5. The molecule has 26 heavy (non-hydrogen) atoms. The maximum atomic E-state index is 12.4. The van der Waals surface area contributed by atoms with Crippen molar-refractivity contribution < 1.29 is 4.79 Å². The van der Waals surface area contributed by atoms with Crippen molar-refractivity contribution in [2.75, 3.05) is 6.54 Å². The fraction of sp³-hybridized carbons (Fsp3) is 0.200. The summed E-state index contributed by atoms with van der Waals surface area (Å²) < 4.78 is 1.95. The predicted octanol–water partition coefficient (Wildman–Crippen LogP) is 4.37. The number of nitrogens with zero attached hydrogens (tertiary/aromatic N) is 2. The van der Waals surface area contributed by atoms with E-state index in [2.05, 4.69) is 22.4 Å². The molecule has 3 rings (SSSR count). The number of rotatable bonds is 7.